The van der Waals surface area contributed by atoms with Crippen LogP contribution in [0.4, 0.5) is 5.69 Å². The maximum atomic E-state index is 11.0. The highest BCUT2D eigenvalue weighted by molar-refractivity contribution is 6.30. The van der Waals surface area contributed by atoms with Crippen molar-refractivity contribution in [3.63, 3.8) is 0 Å². The second kappa shape index (κ2) is 5.17. The molecule has 0 heterocycles. The van der Waals surface area contributed by atoms with Crippen molar-refractivity contribution in [3.05, 3.63) is 33.3 Å². The first-order valence-corrected chi connectivity index (χ1v) is 6.94. The fraction of sp³-hybridized carbons (Fsp3) is 0.538. The number of alkyl halides is 1. The van der Waals surface area contributed by atoms with Gasteiger partial charge in [-0.1, -0.05) is 25.4 Å². The molecule has 1 aliphatic carbocycles. The fourth-order valence-electron chi connectivity index (χ4n) is 2.29. The van der Waals surface area contributed by atoms with Gasteiger partial charge in [0.25, 0.3) is 0 Å². The van der Waals surface area contributed by atoms with Crippen molar-refractivity contribution in [1.29, 1.82) is 0 Å². The molecule has 0 amide bonds. The maximum Gasteiger partial charge on any atom is 0.312 e. The van der Waals surface area contributed by atoms with E-state index in [-0.39, 0.29) is 28.3 Å². The van der Waals surface area contributed by atoms with Crippen LogP contribution >= 0.6 is 23.2 Å². The number of nitro benzene ring substituents is 1. The van der Waals surface area contributed by atoms with E-state index in [0.29, 0.717) is 11.4 Å². The van der Waals surface area contributed by atoms with Crippen LogP contribution in [-0.4, -0.2) is 16.4 Å². The van der Waals surface area contributed by atoms with E-state index >= 15 is 0 Å². The van der Waals surface area contributed by atoms with Crippen molar-refractivity contribution in [2.24, 2.45) is 5.41 Å². The van der Waals surface area contributed by atoms with Gasteiger partial charge in [-0.15, -0.1) is 11.6 Å². The lowest BCUT2D eigenvalue weighted by atomic mass is 9.65. The Morgan fingerprint density at radius 2 is 2.26 bits per heavy atom. The number of benzene rings is 1. The number of hydrogen-bond donors (Lipinski definition) is 0. The van der Waals surface area contributed by atoms with Gasteiger partial charge in [0.2, 0.25) is 0 Å². The smallest absolute Gasteiger partial charge is 0.312 e. The normalized spacial score (nSPS) is 29.7. The van der Waals surface area contributed by atoms with E-state index in [2.05, 4.69) is 0 Å². The van der Waals surface area contributed by atoms with Gasteiger partial charge in [0, 0.05) is 28.3 Å². The van der Waals surface area contributed by atoms with Crippen molar-refractivity contribution < 1.29 is 9.66 Å². The topological polar surface area (TPSA) is 52.4 Å². The van der Waals surface area contributed by atoms with Crippen LogP contribution in [0.5, 0.6) is 5.75 Å². The molecule has 1 aromatic rings. The zero-order chi connectivity index (χ0) is 14.2. The summed E-state index contributed by atoms with van der Waals surface area (Å²) >= 11 is 12.0. The molecule has 3 unspecified atom stereocenters. The molecule has 2 rings (SSSR count). The number of ether oxygens (including phenoxy) is 1. The van der Waals surface area contributed by atoms with Gasteiger partial charge < -0.3 is 4.74 Å². The lowest BCUT2D eigenvalue weighted by Crippen LogP contribution is -2.55. The average molecular weight is 304 g/mol. The SMILES string of the molecule is CCC1(C)C(Cl)CC1Oc1ccc(Cl)cc1[N+](=O)[O-]. The van der Waals surface area contributed by atoms with Crippen molar-refractivity contribution >= 4 is 28.9 Å². The summed E-state index contributed by atoms with van der Waals surface area (Å²) in [5.41, 5.74) is -0.251. The summed E-state index contributed by atoms with van der Waals surface area (Å²) in [6.07, 6.45) is 1.47. The van der Waals surface area contributed by atoms with Crippen LogP contribution in [0.15, 0.2) is 18.2 Å². The molecule has 0 radical (unpaired) electrons. The molecule has 1 saturated carbocycles. The second-order valence-electron chi connectivity index (χ2n) is 5.04. The number of rotatable bonds is 4. The van der Waals surface area contributed by atoms with Gasteiger partial charge in [0.05, 0.1) is 4.92 Å². The van der Waals surface area contributed by atoms with Crippen LogP contribution < -0.4 is 4.74 Å². The Hall–Kier alpha value is -1.00. The molecule has 0 N–H and O–H groups in total. The average Bonchev–Trinajstić information content (AvgIpc) is 2.38. The van der Waals surface area contributed by atoms with Crippen molar-refractivity contribution in [2.45, 2.75) is 38.2 Å². The molecule has 104 valence electrons. The van der Waals surface area contributed by atoms with Gasteiger partial charge in [-0.3, -0.25) is 10.1 Å². The molecule has 4 nitrogen and oxygen atoms in total. The standard InChI is InChI=1S/C13H15Cl2NO3/c1-3-13(2)11(15)7-12(13)19-10-5-4-8(14)6-9(10)16(17)18/h4-6,11-12H,3,7H2,1-2H3. The predicted octanol–water partition coefficient (Wildman–Crippen LogP) is 4.42. The summed E-state index contributed by atoms with van der Waals surface area (Å²) in [4.78, 5) is 10.5. The van der Waals surface area contributed by atoms with Gasteiger partial charge in [-0.2, -0.15) is 0 Å². The molecule has 1 aromatic carbocycles. The first kappa shape index (κ1) is 14.4. The first-order valence-electron chi connectivity index (χ1n) is 6.13. The highest BCUT2D eigenvalue weighted by Gasteiger charge is 2.51. The van der Waals surface area contributed by atoms with Crippen LogP contribution in [0.1, 0.15) is 26.7 Å². The summed E-state index contributed by atoms with van der Waals surface area (Å²) < 4.78 is 5.79. The van der Waals surface area contributed by atoms with E-state index in [9.17, 15) is 10.1 Å². The van der Waals surface area contributed by atoms with E-state index in [1.165, 1.54) is 12.1 Å². The number of halogens is 2. The lowest BCUT2D eigenvalue weighted by molar-refractivity contribution is -0.386. The molecule has 1 fully saturated rings. The number of nitro groups is 1. The molecular weight excluding hydrogens is 289 g/mol. The van der Waals surface area contributed by atoms with Crippen LogP contribution in [-0.2, 0) is 0 Å². The highest BCUT2D eigenvalue weighted by Crippen LogP contribution is 2.50. The predicted molar refractivity (Wildman–Crippen MR) is 75.2 cm³/mol. The summed E-state index contributed by atoms with van der Waals surface area (Å²) in [6.45, 7) is 4.09. The van der Waals surface area contributed by atoms with E-state index in [4.69, 9.17) is 27.9 Å². The minimum absolute atomic E-state index is 0.0499. The van der Waals surface area contributed by atoms with Crippen LogP contribution in [0.2, 0.25) is 5.02 Å². The fourth-order valence-corrected chi connectivity index (χ4v) is 2.91. The Morgan fingerprint density at radius 3 is 2.79 bits per heavy atom. The van der Waals surface area contributed by atoms with Crippen LogP contribution in [0, 0.1) is 15.5 Å². The zero-order valence-corrected chi connectivity index (χ0v) is 12.2. The molecule has 0 saturated heterocycles. The molecular formula is C13H15Cl2NO3. The van der Waals surface area contributed by atoms with Crippen molar-refractivity contribution in [3.8, 4) is 5.75 Å². The largest absolute Gasteiger partial charge is 0.483 e. The van der Waals surface area contributed by atoms with Crippen LogP contribution in [0.3, 0.4) is 0 Å². The van der Waals surface area contributed by atoms with Gasteiger partial charge in [-0.05, 0) is 18.6 Å². The van der Waals surface area contributed by atoms with Crippen molar-refractivity contribution in [2.75, 3.05) is 0 Å². The Bertz CT molecular complexity index is 509. The quantitative estimate of drug-likeness (QED) is 0.470. The molecule has 0 aliphatic heterocycles. The van der Waals surface area contributed by atoms with Gasteiger partial charge in [-0.25, -0.2) is 0 Å². The minimum atomic E-state index is -0.485. The summed E-state index contributed by atoms with van der Waals surface area (Å²) in [5, 5.41) is 11.4. The van der Waals surface area contributed by atoms with Crippen LogP contribution in [0.25, 0.3) is 0 Å². The second-order valence-corrected chi connectivity index (χ2v) is 6.00. The number of nitrogens with zero attached hydrogens (tertiary/aromatic N) is 1. The minimum Gasteiger partial charge on any atom is -0.483 e. The Kier molecular flexibility index (Phi) is 3.92. The third-order valence-corrected chi connectivity index (χ3v) is 4.93. The number of hydrogen-bond acceptors (Lipinski definition) is 3. The zero-order valence-electron chi connectivity index (χ0n) is 10.7. The monoisotopic (exact) mass is 303 g/mol. The Labute approximate surface area is 121 Å². The molecule has 0 aromatic heterocycles. The summed E-state index contributed by atoms with van der Waals surface area (Å²) in [6, 6.07) is 4.43. The van der Waals surface area contributed by atoms with E-state index in [1.54, 1.807) is 6.07 Å². The molecule has 3 atom stereocenters. The molecule has 0 spiro atoms. The van der Waals surface area contributed by atoms with Crippen molar-refractivity contribution in [1.82, 2.24) is 0 Å². The summed E-state index contributed by atoms with van der Waals surface area (Å²) in [7, 11) is 0. The van der Waals surface area contributed by atoms with E-state index in [1.807, 2.05) is 13.8 Å². The maximum absolute atomic E-state index is 11.0. The van der Waals surface area contributed by atoms with Gasteiger partial charge in [0.15, 0.2) is 5.75 Å². The van der Waals surface area contributed by atoms with Gasteiger partial charge in [0.1, 0.15) is 6.10 Å². The Morgan fingerprint density at radius 1 is 1.58 bits per heavy atom. The lowest BCUT2D eigenvalue weighted by Gasteiger charge is -2.50. The molecule has 6 heteroatoms. The molecule has 1 aliphatic rings. The molecule has 19 heavy (non-hydrogen) atoms. The third kappa shape index (κ3) is 2.51. The van der Waals surface area contributed by atoms with E-state index < -0.39 is 4.92 Å². The summed E-state index contributed by atoms with van der Waals surface area (Å²) in [5.74, 6) is 0.252. The van der Waals surface area contributed by atoms with E-state index in [0.717, 1.165) is 6.42 Å². The highest BCUT2D eigenvalue weighted by atomic mass is 35.5. The molecule has 0 bridgehead atoms. The Balaban J connectivity index is 2.23. The van der Waals surface area contributed by atoms with Gasteiger partial charge >= 0.3 is 5.69 Å². The first-order chi connectivity index (χ1) is 8.88. The third-order valence-electron chi connectivity index (χ3n) is 4.02.